The zero-order valence-electron chi connectivity index (χ0n) is 11.2. The quantitative estimate of drug-likeness (QED) is 0.937. The number of aromatic nitrogens is 2. The van der Waals surface area contributed by atoms with Crippen molar-refractivity contribution in [2.45, 2.75) is 26.5 Å². The Kier molecular flexibility index (Phi) is 4.12. The molecule has 0 saturated heterocycles. The molecular weight excluding hydrogens is 264 g/mol. The van der Waals surface area contributed by atoms with Gasteiger partial charge in [-0.25, -0.2) is 0 Å². The van der Waals surface area contributed by atoms with E-state index < -0.39 is 6.10 Å². The summed E-state index contributed by atoms with van der Waals surface area (Å²) in [5.74, 6) is 0.578. The first-order valence-electron chi connectivity index (χ1n) is 6.12. The highest BCUT2D eigenvalue weighted by Gasteiger charge is 2.22. The van der Waals surface area contributed by atoms with Crippen LogP contribution in [0.3, 0.4) is 0 Å². The van der Waals surface area contributed by atoms with Crippen LogP contribution in [0, 0.1) is 6.92 Å². The van der Waals surface area contributed by atoms with E-state index in [0.717, 1.165) is 11.1 Å². The zero-order chi connectivity index (χ0) is 14.0. The van der Waals surface area contributed by atoms with Crippen molar-refractivity contribution >= 4 is 11.6 Å². The summed E-state index contributed by atoms with van der Waals surface area (Å²) in [6.45, 7) is 4.52. The maximum Gasteiger partial charge on any atom is 0.163 e. The second kappa shape index (κ2) is 5.63. The van der Waals surface area contributed by atoms with Gasteiger partial charge >= 0.3 is 0 Å². The van der Waals surface area contributed by atoms with Crippen molar-refractivity contribution in [2.75, 3.05) is 7.11 Å². The molecule has 0 spiro atoms. The van der Waals surface area contributed by atoms with Crippen LogP contribution >= 0.6 is 11.6 Å². The van der Waals surface area contributed by atoms with Crippen LogP contribution in [0.25, 0.3) is 0 Å². The van der Waals surface area contributed by atoms with Crippen LogP contribution in [0.15, 0.2) is 24.4 Å². The molecule has 0 amide bonds. The average molecular weight is 281 g/mol. The van der Waals surface area contributed by atoms with Gasteiger partial charge < -0.3 is 9.84 Å². The first-order chi connectivity index (χ1) is 9.10. The summed E-state index contributed by atoms with van der Waals surface area (Å²) in [4.78, 5) is 0. The van der Waals surface area contributed by atoms with Gasteiger partial charge in [-0.1, -0.05) is 23.7 Å². The molecule has 0 aliphatic heterocycles. The Bertz CT molecular complexity index is 559. The maximum absolute atomic E-state index is 10.6. The maximum atomic E-state index is 10.6. The molecule has 0 bridgehead atoms. The molecule has 1 aromatic heterocycles. The highest BCUT2D eigenvalue weighted by molar-refractivity contribution is 6.31. The van der Waals surface area contributed by atoms with Crippen molar-refractivity contribution in [2.24, 2.45) is 0 Å². The summed E-state index contributed by atoms with van der Waals surface area (Å²) in [6.07, 6.45) is 0.804. The second-order valence-electron chi connectivity index (χ2n) is 4.27. The van der Waals surface area contributed by atoms with Gasteiger partial charge in [0.15, 0.2) is 5.75 Å². The summed E-state index contributed by atoms with van der Waals surface area (Å²) in [7, 11) is 1.57. The standard InChI is InChI=1S/C14H17ClN2O2/c1-4-17-13(12(19-3)8-16-17)14(18)10-6-5-7-11(15)9(10)2/h5-8,14,18H,4H2,1-3H3. The molecule has 2 aromatic rings. The highest BCUT2D eigenvalue weighted by Crippen LogP contribution is 2.33. The van der Waals surface area contributed by atoms with Crippen LogP contribution in [-0.2, 0) is 6.54 Å². The Labute approximate surface area is 117 Å². The van der Waals surface area contributed by atoms with E-state index in [4.69, 9.17) is 16.3 Å². The molecule has 19 heavy (non-hydrogen) atoms. The zero-order valence-corrected chi connectivity index (χ0v) is 12.0. The van der Waals surface area contributed by atoms with Gasteiger partial charge in [-0.3, -0.25) is 4.68 Å². The Morgan fingerprint density at radius 3 is 2.84 bits per heavy atom. The molecule has 1 unspecified atom stereocenters. The number of hydrogen-bond donors (Lipinski definition) is 1. The number of aliphatic hydroxyl groups is 1. The third-order valence-electron chi connectivity index (χ3n) is 3.23. The van der Waals surface area contributed by atoms with E-state index in [-0.39, 0.29) is 0 Å². The molecule has 102 valence electrons. The predicted octanol–water partition coefficient (Wildman–Crippen LogP) is 2.96. The van der Waals surface area contributed by atoms with E-state index in [0.29, 0.717) is 23.0 Å². The summed E-state index contributed by atoms with van der Waals surface area (Å²) in [6, 6.07) is 5.49. The third kappa shape index (κ3) is 2.46. The Morgan fingerprint density at radius 1 is 1.47 bits per heavy atom. The molecule has 1 heterocycles. The van der Waals surface area contributed by atoms with Crippen LogP contribution in [0.4, 0.5) is 0 Å². The second-order valence-corrected chi connectivity index (χ2v) is 4.68. The van der Waals surface area contributed by atoms with Crippen molar-refractivity contribution in [1.82, 2.24) is 9.78 Å². The largest absolute Gasteiger partial charge is 0.493 e. The Hall–Kier alpha value is -1.52. The van der Waals surface area contributed by atoms with Gasteiger partial charge in [0, 0.05) is 11.6 Å². The summed E-state index contributed by atoms with van der Waals surface area (Å²) < 4.78 is 6.99. The number of ether oxygens (including phenoxy) is 1. The fourth-order valence-electron chi connectivity index (χ4n) is 2.13. The number of hydrogen-bond acceptors (Lipinski definition) is 3. The van der Waals surface area contributed by atoms with Crippen LogP contribution in [0.5, 0.6) is 5.75 Å². The molecule has 0 aliphatic rings. The van der Waals surface area contributed by atoms with Crippen molar-refractivity contribution in [3.63, 3.8) is 0 Å². The topological polar surface area (TPSA) is 47.3 Å². The normalized spacial score (nSPS) is 12.5. The number of aryl methyl sites for hydroxylation is 1. The van der Waals surface area contributed by atoms with Gasteiger partial charge in [0.2, 0.25) is 0 Å². The molecule has 2 rings (SSSR count). The lowest BCUT2D eigenvalue weighted by atomic mass is 10.0. The first kappa shape index (κ1) is 13.9. The average Bonchev–Trinajstić information content (AvgIpc) is 2.84. The van der Waals surface area contributed by atoms with Crippen molar-refractivity contribution in [3.05, 3.63) is 46.2 Å². The molecule has 0 fully saturated rings. The molecule has 0 radical (unpaired) electrons. The van der Waals surface area contributed by atoms with Gasteiger partial charge in [-0.2, -0.15) is 5.10 Å². The van der Waals surface area contributed by atoms with E-state index in [1.807, 2.05) is 32.0 Å². The molecule has 0 saturated carbocycles. The van der Waals surface area contributed by atoms with Crippen LogP contribution in [0.2, 0.25) is 5.02 Å². The summed E-state index contributed by atoms with van der Waals surface area (Å²) >= 11 is 6.10. The SMILES string of the molecule is CCn1ncc(OC)c1C(O)c1cccc(Cl)c1C. The van der Waals surface area contributed by atoms with Gasteiger partial charge in [-0.15, -0.1) is 0 Å². The number of aliphatic hydroxyl groups excluding tert-OH is 1. The van der Waals surface area contributed by atoms with Gasteiger partial charge in [0.25, 0.3) is 0 Å². The van der Waals surface area contributed by atoms with Gasteiger partial charge in [0.05, 0.1) is 13.3 Å². The molecule has 0 aliphatic carbocycles. The van der Waals surface area contributed by atoms with Crippen molar-refractivity contribution < 1.29 is 9.84 Å². The van der Waals surface area contributed by atoms with E-state index in [2.05, 4.69) is 5.10 Å². The van der Waals surface area contributed by atoms with E-state index >= 15 is 0 Å². The fourth-order valence-corrected chi connectivity index (χ4v) is 2.31. The molecule has 5 heteroatoms. The number of nitrogens with zero attached hydrogens (tertiary/aromatic N) is 2. The molecule has 4 nitrogen and oxygen atoms in total. The minimum atomic E-state index is -0.809. The molecule has 1 N–H and O–H groups in total. The van der Waals surface area contributed by atoms with Crippen LogP contribution < -0.4 is 4.74 Å². The fraction of sp³-hybridized carbons (Fsp3) is 0.357. The van der Waals surface area contributed by atoms with Gasteiger partial charge in [0.1, 0.15) is 11.8 Å². The number of rotatable bonds is 4. The number of benzene rings is 1. The lowest BCUT2D eigenvalue weighted by Gasteiger charge is -2.17. The molecule has 1 aromatic carbocycles. The first-order valence-corrected chi connectivity index (χ1v) is 6.50. The van der Waals surface area contributed by atoms with E-state index in [1.165, 1.54) is 0 Å². The highest BCUT2D eigenvalue weighted by atomic mass is 35.5. The Balaban J connectivity index is 2.52. The van der Waals surface area contributed by atoms with Crippen LogP contribution in [0.1, 0.15) is 29.8 Å². The van der Waals surface area contributed by atoms with Crippen molar-refractivity contribution in [1.29, 1.82) is 0 Å². The van der Waals surface area contributed by atoms with Gasteiger partial charge in [-0.05, 0) is 31.0 Å². The predicted molar refractivity (Wildman–Crippen MR) is 74.7 cm³/mol. The Morgan fingerprint density at radius 2 is 2.21 bits per heavy atom. The molecular formula is C14H17ClN2O2. The number of halogens is 1. The monoisotopic (exact) mass is 280 g/mol. The lowest BCUT2D eigenvalue weighted by Crippen LogP contribution is -2.11. The third-order valence-corrected chi connectivity index (χ3v) is 3.64. The van der Waals surface area contributed by atoms with E-state index in [9.17, 15) is 5.11 Å². The number of methoxy groups -OCH3 is 1. The summed E-state index contributed by atoms with van der Waals surface area (Å²) in [5, 5.41) is 15.5. The van der Waals surface area contributed by atoms with Crippen molar-refractivity contribution in [3.8, 4) is 5.75 Å². The van der Waals surface area contributed by atoms with Crippen LogP contribution in [-0.4, -0.2) is 22.0 Å². The molecule has 1 atom stereocenters. The minimum Gasteiger partial charge on any atom is -0.493 e. The minimum absolute atomic E-state index is 0.578. The van der Waals surface area contributed by atoms with E-state index in [1.54, 1.807) is 18.0 Å². The summed E-state index contributed by atoms with van der Waals surface area (Å²) in [5.41, 5.74) is 2.28. The smallest absolute Gasteiger partial charge is 0.163 e. The lowest BCUT2D eigenvalue weighted by molar-refractivity contribution is 0.202.